The highest BCUT2D eigenvalue weighted by Gasteiger charge is 2.34. The number of halogens is 1. The third kappa shape index (κ3) is 8.70. The predicted octanol–water partition coefficient (Wildman–Crippen LogP) is 1.85. The van der Waals surface area contributed by atoms with E-state index in [9.17, 15) is 9.90 Å². The minimum atomic E-state index is -0.189. The highest BCUT2D eigenvalue weighted by atomic mass is 127. The van der Waals surface area contributed by atoms with Crippen LogP contribution in [0.3, 0.4) is 0 Å². The normalized spacial score (nSPS) is 23.7. The number of piperidine rings is 1. The fourth-order valence-corrected chi connectivity index (χ4v) is 4.61. The number of rotatable bonds is 10. The molecule has 0 saturated carbocycles. The Morgan fingerprint density at radius 2 is 2.18 bits per heavy atom. The number of likely N-dealkylation sites (tertiary alicyclic amines) is 1. The number of aliphatic hydroxyl groups is 1. The minimum Gasteiger partial charge on any atom is -0.396 e. The molecule has 2 atom stereocenters. The van der Waals surface area contributed by atoms with Gasteiger partial charge in [-0.3, -0.25) is 9.69 Å². The molecule has 33 heavy (non-hydrogen) atoms. The number of guanidine groups is 1. The van der Waals surface area contributed by atoms with Crippen molar-refractivity contribution in [2.75, 3.05) is 46.0 Å². The largest absolute Gasteiger partial charge is 0.396 e. The maximum absolute atomic E-state index is 11.6. The van der Waals surface area contributed by atoms with Crippen LogP contribution in [0.1, 0.15) is 43.7 Å². The summed E-state index contributed by atoms with van der Waals surface area (Å²) in [5.74, 6) is 0.554. The van der Waals surface area contributed by atoms with Gasteiger partial charge in [0.25, 0.3) is 0 Å². The van der Waals surface area contributed by atoms with Gasteiger partial charge in [0, 0.05) is 44.8 Å². The molecule has 0 aliphatic carbocycles. The van der Waals surface area contributed by atoms with Crippen LogP contribution < -0.4 is 16.4 Å². The van der Waals surface area contributed by atoms with E-state index >= 15 is 0 Å². The van der Waals surface area contributed by atoms with Crippen LogP contribution >= 0.6 is 24.0 Å². The van der Waals surface area contributed by atoms with E-state index in [0.29, 0.717) is 13.2 Å². The molecule has 5 N–H and O–H groups in total. The van der Waals surface area contributed by atoms with E-state index in [1.54, 1.807) is 0 Å². The first-order chi connectivity index (χ1) is 15.5. The van der Waals surface area contributed by atoms with E-state index < -0.39 is 0 Å². The van der Waals surface area contributed by atoms with Crippen molar-refractivity contribution in [1.82, 2.24) is 15.5 Å². The lowest BCUT2D eigenvalue weighted by Crippen LogP contribution is -2.44. The zero-order chi connectivity index (χ0) is 22.8. The summed E-state index contributed by atoms with van der Waals surface area (Å²) in [6.45, 7) is 8.31. The molecule has 2 unspecified atom stereocenters. The van der Waals surface area contributed by atoms with Crippen molar-refractivity contribution < 1.29 is 14.6 Å². The summed E-state index contributed by atoms with van der Waals surface area (Å²) in [7, 11) is 0. The van der Waals surface area contributed by atoms with E-state index in [4.69, 9.17) is 15.5 Å². The number of hydrogen-bond acceptors (Lipinski definition) is 5. The number of aliphatic hydroxyl groups excluding tert-OH is 1. The number of nitrogens with two attached hydrogens (primary N) is 1. The molecular formula is C24H40IN5O3. The average molecular weight is 574 g/mol. The molecule has 0 spiro atoms. The van der Waals surface area contributed by atoms with Gasteiger partial charge in [0.1, 0.15) is 0 Å². The van der Waals surface area contributed by atoms with Gasteiger partial charge in [-0.2, -0.15) is 0 Å². The van der Waals surface area contributed by atoms with Crippen molar-refractivity contribution in [3.05, 3.63) is 35.4 Å². The Bertz CT molecular complexity index is 770. The van der Waals surface area contributed by atoms with Crippen molar-refractivity contribution in [2.45, 2.75) is 45.7 Å². The zero-order valence-electron chi connectivity index (χ0n) is 19.7. The van der Waals surface area contributed by atoms with E-state index in [1.807, 2.05) is 0 Å². The SMILES string of the molecule is CCNC(=NCc1cccc(CN2CCCC(C(N)=O)C2)c1)NCC1(CCO)CCOC1.I. The van der Waals surface area contributed by atoms with Gasteiger partial charge in [-0.1, -0.05) is 24.3 Å². The van der Waals surface area contributed by atoms with Crippen LogP contribution in [0.4, 0.5) is 0 Å². The average Bonchev–Trinajstić information content (AvgIpc) is 3.25. The second-order valence-electron chi connectivity index (χ2n) is 9.12. The first-order valence-corrected chi connectivity index (χ1v) is 11.8. The van der Waals surface area contributed by atoms with Gasteiger partial charge in [0.2, 0.25) is 5.91 Å². The summed E-state index contributed by atoms with van der Waals surface area (Å²) in [6, 6.07) is 8.49. The van der Waals surface area contributed by atoms with Crippen molar-refractivity contribution in [2.24, 2.45) is 22.1 Å². The Kier molecular flexibility index (Phi) is 11.9. The van der Waals surface area contributed by atoms with Crippen LogP contribution in [0.25, 0.3) is 0 Å². The van der Waals surface area contributed by atoms with Gasteiger partial charge < -0.3 is 26.2 Å². The van der Waals surface area contributed by atoms with E-state index in [-0.39, 0.29) is 47.8 Å². The number of hydrogen-bond donors (Lipinski definition) is 4. The predicted molar refractivity (Wildman–Crippen MR) is 141 cm³/mol. The highest BCUT2D eigenvalue weighted by molar-refractivity contribution is 14.0. The molecule has 2 heterocycles. The standard InChI is InChI=1S/C24H39N5O3.HI/c1-2-26-23(28-17-24(8-11-30)9-12-32-18-24)27-14-19-5-3-6-20(13-19)15-29-10-4-7-21(16-29)22(25)31;/h3,5-6,13,21,30H,2,4,7-12,14-18H2,1H3,(H2,25,31)(H2,26,27,28);1H. The Morgan fingerprint density at radius 1 is 1.36 bits per heavy atom. The number of carbonyl (C=O) groups is 1. The monoisotopic (exact) mass is 573 g/mol. The summed E-state index contributed by atoms with van der Waals surface area (Å²) in [5.41, 5.74) is 7.87. The van der Waals surface area contributed by atoms with Crippen LogP contribution in [0.5, 0.6) is 0 Å². The quantitative estimate of drug-likeness (QED) is 0.193. The lowest BCUT2D eigenvalue weighted by molar-refractivity contribution is -0.123. The van der Waals surface area contributed by atoms with Crippen LogP contribution in [0, 0.1) is 11.3 Å². The number of nitrogens with zero attached hydrogens (tertiary/aromatic N) is 2. The Labute approximate surface area is 214 Å². The summed E-state index contributed by atoms with van der Waals surface area (Å²) in [5, 5.41) is 16.2. The fraction of sp³-hybridized carbons (Fsp3) is 0.667. The molecule has 186 valence electrons. The van der Waals surface area contributed by atoms with E-state index in [0.717, 1.165) is 76.5 Å². The summed E-state index contributed by atoms with van der Waals surface area (Å²) in [6.07, 6.45) is 3.59. The molecule has 0 aromatic heterocycles. The molecule has 0 radical (unpaired) electrons. The second kappa shape index (κ2) is 14.1. The molecule has 2 aliphatic heterocycles. The van der Waals surface area contributed by atoms with Crippen molar-refractivity contribution >= 4 is 35.8 Å². The highest BCUT2D eigenvalue weighted by Crippen LogP contribution is 2.31. The number of aliphatic imine (C=N–C) groups is 1. The topological polar surface area (TPSA) is 112 Å². The zero-order valence-corrected chi connectivity index (χ0v) is 22.1. The molecule has 2 fully saturated rings. The minimum absolute atomic E-state index is 0. The Balaban J connectivity index is 0.00000385. The smallest absolute Gasteiger partial charge is 0.221 e. The number of amides is 1. The second-order valence-corrected chi connectivity index (χ2v) is 9.12. The van der Waals surface area contributed by atoms with Gasteiger partial charge in [-0.25, -0.2) is 4.99 Å². The van der Waals surface area contributed by atoms with Crippen LogP contribution in [-0.2, 0) is 22.6 Å². The molecule has 3 rings (SSSR count). The van der Waals surface area contributed by atoms with Gasteiger partial charge in [0.05, 0.1) is 19.1 Å². The molecule has 1 aromatic carbocycles. The van der Waals surface area contributed by atoms with Crippen LogP contribution in [0.15, 0.2) is 29.3 Å². The number of benzene rings is 1. The first-order valence-electron chi connectivity index (χ1n) is 11.8. The van der Waals surface area contributed by atoms with Crippen LogP contribution in [0.2, 0.25) is 0 Å². The molecule has 2 saturated heterocycles. The van der Waals surface area contributed by atoms with Gasteiger partial charge >= 0.3 is 0 Å². The molecule has 2 aliphatic rings. The lowest BCUT2D eigenvalue weighted by Gasteiger charge is -2.31. The summed E-state index contributed by atoms with van der Waals surface area (Å²) >= 11 is 0. The van der Waals surface area contributed by atoms with Gasteiger partial charge in [-0.05, 0) is 50.3 Å². The maximum Gasteiger partial charge on any atom is 0.221 e. The van der Waals surface area contributed by atoms with Crippen molar-refractivity contribution in [1.29, 1.82) is 0 Å². The van der Waals surface area contributed by atoms with E-state index in [2.05, 4.69) is 46.7 Å². The third-order valence-corrected chi connectivity index (χ3v) is 6.53. The van der Waals surface area contributed by atoms with Crippen molar-refractivity contribution in [3.63, 3.8) is 0 Å². The van der Waals surface area contributed by atoms with Gasteiger partial charge in [0.15, 0.2) is 5.96 Å². The fourth-order valence-electron chi connectivity index (χ4n) is 4.61. The molecule has 0 bridgehead atoms. The Hall–Kier alpha value is -1.43. The molecule has 1 amide bonds. The van der Waals surface area contributed by atoms with Gasteiger partial charge in [-0.15, -0.1) is 24.0 Å². The Morgan fingerprint density at radius 3 is 2.88 bits per heavy atom. The summed E-state index contributed by atoms with van der Waals surface area (Å²) in [4.78, 5) is 18.6. The number of nitrogens with one attached hydrogen (secondary N) is 2. The van der Waals surface area contributed by atoms with Crippen molar-refractivity contribution in [3.8, 4) is 0 Å². The number of primary amides is 1. The maximum atomic E-state index is 11.6. The summed E-state index contributed by atoms with van der Waals surface area (Å²) < 4.78 is 5.59. The molecule has 1 aromatic rings. The number of carbonyl (C=O) groups excluding carboxylic acids is 1. The van der Waals surface area contributed by atoms with E-state index in [1.165, 1.54) is 5.56 Å². The van der Waals surface area contributed by atoms with Crippen LogP contribution in [-0.4, -0.2) is 67.9 Å². The molecule has 8 nitrogen and oxygen atoms in total. The lowest BCUT2D eigenvalue weighted by atomic mass is 9.84. The number of ether oxygens (including phenoxy) is 1. The molecule has 9 heteroatoms. The molecular weight excluding hydrogens is 533 g/mol. The third-order valence-electron chi connectivity index (χ3n) is 6.53. The first kappa shape index (κ1) is 27.8.